The third-order valence-electron chi connectivity index (χ3n) is 7.15. The van der Waals surface area contributed by atoms with Crippen LogP contribution >= 0.6 is 0 Å². The summed E-state index contributed by atoms with van der Waals surface area (Å²) in [5.41, 5.74) is 1.74. The molecule has 0 aromatic heterocycles. The molecule has 3 aromatic rings. The summed E-state index contributed by atoms with van der Waals surface area (Å²) in [6.45, 7) is 12.9. The van der Waals surface area contributed by atoms with Gasteiger partial charge in [0.05, 0.1) is 19.0 Å². The molecule has 0 radical (unpaired) electrons. The van der Waals surface area contributed by atoms with E-state index in [9.17, 15) is 13.2 Å². The van der Waals surface area contributed by atoms with Gasteiger partial charge < -0.3 is 9.74 Å². The Morgan fingerprint density at radius 2 is 1.34 bits per heavy atom. The Morgan fingerprint density at radius 1 is 0.829 bits per heavy atom. The van der Waals surface area contributed by atoms with E-state index >= 15 is 0 Å². The van der Waals surface area contributed by atoms with Gasteiger partial charge in [-0.1, -0.05) is 120 Å². The van der Waals surface area contributed by atoms with Crippen LogP contribution in [0.3, 0.4) is 0 Å². The van der Waals surface area contributed by atoms with Crippen LogP contribution in [0.2, 0.25) is 5.04 Å². The first-order chi connectivity index (χ1) is 19.1. The summed E-state index contributed by atoms with van der Waals surface area (Å²) in [6.07, 6.45) is 1.38. The molecule has 3 aromatic carbocycles. The molecule has 8 heteroatoms. The van der Waals surface area contributed by atoms with E-state index in [0.29, 0.717) is 12.8 Å². The molecule has 1 atom stereocenters. The number of carbonyl (C=O) groups excluding carboxylic acids is 1. The Labute approximate surface area is 247 Å². The molecule has 3 rings (SSSR count). The van der Waals surface area contributed by atoms with Gasteiger partial charge >= 0.3 is 0 Å². The zero-order valence-corrected chi connectivity index (χ0v) is 27.3. The fraction of sp³-hybridized carbons (Fsp3) is 0.424. The quantitative estimate of drug-likeness (QED) is 0.205. The molecule has 0 aliphatic carbocycles. The van der Waals surface area contributed by atoms with Crippen LogP contribution in [0.25, 0.3) is 0 Å². The Morgan fingerprint density at radius 3 is 1.83 bits per heavy atom. The second-order valence-electron chi connectivity index (χ2n) is 12.6. The Balaban J connectivity index is 1.80. The minimum absolute atomic E-state index is 0.0921. The van der Waals surface area contributed by atoms with Gasteiger partial charge in [-0.3, -0.25) is 8.98 Å². The summed E-state index contributed by atoms with van der Waals surface area (Å²) in [6, 6.07) is 28.2. The predicted molar refractivity (Wildman–Crippen MR) is 171 cm³/mol. The lowest BCUT2D eigenvalue weighted by Gasteiger charge is -2.43. The normalized spacial score (nSPS) is 13.5. The van der Waals surface area contributed by atoms with Crippen LogP contribution in [0.1, 0.15) is 66.4 Å². The van der Waals surface area contributed by atoms with Crippen molar-refractivity contribution in [2.75, 3.05) is 18.2 Å². The maximum atomic E-state index is 12.9. The summed E-state index contributed by atoms with van der Waals surface area (Å²) in [5.74, 6) is -0.118. The first kappa shape index (κ1) is 32.7. The maximum Gasteiger partial charge on any atom is 0.264 e. The Kier molecular flexibility index (Phi) is 10.7. The van der Waals surface area contributed by atoms with E-state index in [0.717, 1.165) is 27.9 Å². The van der Waals surface area contributed by atoms with Crippen LogP contribution in [0.15, 0.2) is 84.9 Å². The summed E-state index contributed by atoms with van der Waals surface area (Å²) < 4.78 is 36.9. The molecular weight excluding hydrogens is 551 g/mol. The molecule has 0 aliphatic rings. The van der Waals surface area contributed by atoms with Crippen LogP contribution < -0.4 is 15.7 Å². The standard InChI is InChI=1S/C33H45NO5SSi/c1-32(2,3)29-22-14-15-23-30(29)34-31(35)24-16-17-26(39-40(7,36)37)25-38-41(33(4,5)6,27-18-10-8-11-19-27)28-20-12-9-13-21-28/h8-15,18-23,26H,16-17,24-25H2,1-7H3,(H,34,35). The lowest BCUT2D eigenvalue weighted by molar-refractivity contribution is -0.116. The minimum atomic E-state index is -3.74. The molecule has 0 fully saturated rings. The lowest BCUT2D eigenvalue weighted by atomic mass is 9.86. The molecule has 1 unspecified atom stereocenters. The predicted octanol–water partition coefficient (Wildman–Crippen LogP) is 6.01. The average molecular weight is 596 g/mol. The largest absolute Gasteiger partial charge is 0.405 e. The highest BCUT2D eigenvalue weighted by atomic mass is 32.2. The lowest BCUT2D eigenvalue weighted by Crippen LogP contribution is -2.67. The first-order valence-electron chi connectivity index (χ1n) is 14.2. The third kappa shape index (κ3) is 8.85. The summed E-state index contributed by atoms with van der Waals surface area (Å²) in [7, 11) is -6.62. The number of hydrogen-bond acceptors (Lipinski definition) is 5. The summed E-state index contributed by atoms with van der Waals surface area (Å²) in [5, 5.41) is 4.99. The monoisotopic (exact) mass is 595 g/mol. The van der Waals surface area contributed by atoms with Crippen molar-refractivity contribution < 1.29 is 21.8 Å². The van der Waals surface area contributed by atoms with Crippen molar-refractivity contribution >= 4 is 40.4 Å². The van der Waals surface area contributed by atoms with Crippen molar-refractivity contribution in [3.63, 3.8) is 0 Å². The van der Waals surface area contributed by atoms with E-state index in [2.05, 4.69) is 71.1 Å². The molecular formula is C33H45NO5SSi. The molecule has 1 N–H and O–H groups in total. The number of carbonyl (C=O) groups is 1. The van der Waals surface area contributed by atoms with Gasteiger partial charge in [0.1, 0.15) is 0 Å². The van der Waals surface area contributed by atoms with E-state index in [-0.39, 0.29) is 29.4 Å². The highest BCUT2D eigenvalue weighted by Crippen LogP contribution is 2.37. The van der Waals surface area contributed by atoms with Crippen LogP contribution in [-0.2, 0) is 28.9 Å². The number of benzene rings is 3. The van der Waals surface area contributed by atoms with Gasteiger partial charge in [0.25, 0.3) is 18.4 Å². The SMILES string of the molecule is CC(C)(C)c1ccccc1NC(=O)CCCC(CO[Si](c1ccccc1)(c1ccccc1)C(C)(C)C)OS(C)(=O)=O. The highest BCUT2D eigenvalue weighted by molar-refractivity contribution is 7.86. The fourth-order valence-corrected chi connectivity index (χ4v) is 10.6. The van der Waals surface area contributed by atoms with Gasteiger partial charge in [-0.2, -0.15) is 8.42 Å². The topological polar surface area (TPSA) is 81.7 Å². The van der Waals surface area contributed by atoms with Crippen molar-refractivity contribution in [1.29, 1.82) is 0 Å². The highest BCUT2D eigenvalue weighted by Gasteiger charge is 2.50. The van der Waals surface area contributed by atoms with Crippen molar-refractivity contribution in [2.45, 2.75) is 77.4 Å². The van der Waals surface area contributed by atoms with Gasteiger partial charge in [0, 0.05) is 12.1 Å². The van der Waals surface area contributed by atoms with Crippen molar-refractivity contribution in [1.82, 2.24) is 0 Å². The first-order valence-corrected chi connectivity index (χ1v) is 17.9. The summed E-state index contributed by atoms with van der Waals surface area (Å²) >= 11 is 0. The minimum Gasteiger partial charge on any atom is -0.405 e. The van der Waals surface area contributed by atoms with Crippen molar-refractivity contribution in [3.05, 3.63) is 90.5 Å². The Hall–Kier alpha value is -2.78. The zero-order valence-electron chi connectivity index (χ0n) is 25.4. The van der Waals surface area contributed by atoms with Crippen LogP contribution in [0.5, 0.6) is 0 Å². The zero-order chi connectivity index (χ0) is 30.3. The van der Waals surface area contributed by atoms with Gasteiger partial charge in [0.15, 0.2) is 0 Å². The Bertz CT molecular complexity index is 1340. The van der Waals surface area contributed by atoms with E-state index in [1.807, 2.05) is 60.7 Å². The van der Waals surface area contributed by atoms with Gasteiger partial charge in [-0.15, -0.1) is 0 Å². The van der Waals surface area contributed by atoms with Crippen molar-refractivity contribution in [3.8, 4) is 0 Å². The summed E-state index contributed by atoms with van der Waals surface area (Å²) in [4.78, 5) is 12.9. The number of rotatable bonds is 12. The van der Waals surface area contributed by atoms with Crippen molar-refractivity contribution in [2.24, 2.45) is 0 Å². The third-order valence-corrected chi connectivity index (χ3v) is 12.8. The molecule has 0 saturated heterocycles. The average Bonchev–Trinajstić information content (AvgIpc) is 2.88. The molecule has 222 valence electrons. The molecule has 41 heavy (non-hydrogen) atoms. The molecule has 0 aliphatic heterocycles. The van der Waals surface area contributed by atoms with E-state index < -0.39 is 24.5 Å². The molecule has 0 bridgehead atoms. The number of para-hydroxylation sites is 1. The fourth-order valence-electron chi connectivity index (χ4n) is 5.34. The molecule has 6 nitrogen and oxygen atoms in total. The maximum absolute atomic E-state index is 12.9. The number of anilines is 1. The van der Waals surface area contributed by atoms with Gasteiger partial charge in [0.2, 0.25) is 5.91 Å². The molecule has 0 spiro atoms. The van der Waals surface area contributed by atoms with Gasteiger partial charge in [-0.25, -0.2) is 0 Å². The van der Waals surface area contributed by atoms with Gasteiger partial charge in [-0.05, 0) is 45.3 Å². The number of amides is 1. The smallest absolute Gasteiger partial charge is 0.264 e. The molecule has 0 saturated carbocycles. The second-order valence-corrected chi connectivity index (χ2v) is 18.5. The van der Waals surface area contributed by atoms with Crippen LogP contribution in [0, 0.1) is 0 Å². The van der Waals surface area contributed by atoms with E-state index in [1.54, 1.807) is 0 Å². The number of hydrogen-bond donors (Lipinski definition) is 1. The second kappa shape index (κ2) is 13.5. The van der Waals surface area contributed by atoms with Crippen LogP contribution in [0.4, 0.5) is 5.69 Å². The number of nitrogens with one attached hydrogen (secondary N) is 1. The molecule has 0 heterocycles. The van der Waals surface area contributed by atoms with E-state index in [1.165, 1.54) is 0 Å². The molecule has 1 amide bonds. The van der Waals surface area contributed by atoms with E-state index in [4.69, 9.17) is 8.61 Å². The van der Waals surface area contributed by atoms with Crippen LogP contribution in [-0.4, -0.2) is 41.6 Å².